The van der Waals surface area contributed by atoms with Crippen molar-refractivity contribution in [1.29, 1.82) is 0 Å². The third kappa shape index (κ3) is 2.18. The van der Waals surface area contributed by atoms with Crippen LogP contribution in [-0.4, -0.2) is 22.0 Å². The Labute approximate surface area is 123 Å². The largest absolute Gasteiger partial charge is 0.505 e. The summed E-state index contributed by atoms with van der Waals surface area (Å²) in [7, 11) is 0. The second-order valence-electron chi connectivity index (χ2n) is 5.95. The van der Waals surface area contributed by atoms with Gasteiger partial charge in [-0.1, -0.05) is 25.4 Å². The summed E-state index contributed by atoms with van der Waals surface area (Å²) < 4.78 is 53.3. The van der Waals surface area contributed by atoms with E-state index >= 15 is 0 Å². The van der Waals surface area contributed by atoms with Gasteiger partial charge in [-0.3, -0.25) is 0 Å². The zero-order valence-corrected chi connectivity index (χ0v) is 12.0. The van der Waals surface area contributed by atoms with Crippen LogP contribution in [0.4, 0.5) is 17.6 Å². The van der Waals surface area contributed by atoms with Crippen LogP contribution in [0.2, 0.25) is 5.02 Å². The SMILES string of the molecule is CC1(C)CC(O)(C(F)(F)F)C(N)c2cc(Cl)c(F)c(O)c21. The Morgan fingerprint density at radius 1 is 1.38 bits per heavy atom. The number of alkyl halides is 3. The Morgan fingerprint density at radius 2 is 1.90 bits per heavy atom. The lowest BCUT2D eigenvalue weighted by Gasteiger charge is -2.47. The quantitative estimate of drug-likeness (QED) is 0.641. The fraction of sp³-hybridized carbons (Fsp3) is 0.538. The lowest BCUT2D eigenvalue weighted by molar-refractivity contribution is -0.278. The smallest absolute Gasteiger partial charge is 0.419 e. The molecule has 8 heteroatoms. The van der Waals surface area contributed by atoms with Crippen LogP contribution in [0.5, 0.6) is 5.75 Å². The molecular weight excluding hydrogens is 314 g/mol. The number of aliphatic hydroxyl groups is 1. The van der Waals surface area contributed by atoms with Gasteiger partial charge < -0.3 is 15.9 Å². The Kier molecular flexibility index (Phi) is 3.48. The minimum absolute atomic E-state index is 0.0641. The van der Waals surface area contributed by atoms with Crippen molar-refractivity contribution in [1.82, 2.24) is 0 Å². The molecule has 2 atom stereocenters. The molecule has 0 heterocycles. The third-order valence-corrected chi connectivity index (χ3v) is 4.23. The maximum Gasteiger partial charge on any atom is 0.419 e. The molecule has 3 nitrogen and oxygen atoms in total. The number of hydrogen-bond acceptors (Lipinski definition) is 3. The van der Waals surface area contributed by atoms with E-state index in [2.05, 4.69) is 0 Å². The molecule has 4 N–H and O–H groups in total. The molecule has 0 aromatic heterocycles. The van der Waals surface area contributed by atoms with E-state index in [9.17, 15) is 27.8 Å². The molecule has 0 saturated carbocycles. The molecular formula is C13H14ClF4NO2. The van der Waals surface area contributed by atoms with Gasteiger partial charge in [-0.25, -0.2) is 4.39 Å². The second kappa shape index (κ2) is 4.47. The molecule has 0 saturated heterocycles. The number of rotatable bonds is 0. The van der Waals surface area contributed by atoms with Crippen molar-refractivity contribution in [2.75, 3.05) is 0 Å². The highest BCUT2D eigenvalue weighted by Gasteiger charge is 2.63. The minimum Gasteiger partial charge on any atom is -0.505 e. The summed E-state index contributed by atoms with van der Waals surface area (Å²) in [6, 6.07) is -0.946. The fourth-order valence-electron chi connectivity index (χ4n) is 2.99. The van der Waals surface area contributed by atoms with Crippen LogP contribution in [0, 0.1) is 5.82 Å². The first-order chi connectivity index (χ1) is 9.33. The van der Waals surface area contributed by atoms with Gasteiger partial charge in [0, 0.05) is 5.56 Å². The van der Waals surface area contributed by atoms with Gasteiger partial charge in [0.1, 0.15) is 0 Å². The molecule has 1 aliphatic rings. The molecule has 1 aromatic carbocycles. The molecule has 0 radical (unpaired) electrons. The van der Waals surface area contributed by atoms with Crippen molar-refractivity contribution < 1.29 is 27.8 Å². The van der Waals surface area contributed by atoms with Crippen LogP contribution in [0.3, 0.4) is 0 Å². The Morgan fingerprint density at radius 3 is 2.38 bits per heavy atom. The van der Waals surface area contributed by atoms with Crippen LogP contribution < -0.4 is 5.73 Å². The molecule has 0 aliphatic heterocycles. The number of aromatic hydroxyl groups is 1. The Hall–Kier alpha value is -1.05. The topological polar surface area (TPSA) is 66.5 Å². The first-order valence-electron chi connectivity index (χ1n) is 6.09. The molecule has 0 fully saturated rings. The van der Waals surface area contributed by atoms with Gasteiger partial charge in [0.05, 0.1) is 11.1 Å². The highest BCUT2D eigenvalue weighted by atomic mass is 35.5. The average molecular weight is 328 g/mol. The highest BCUT2D eigenvalue weighted by molar-refractivity contribution is 6.31. The molecule has 21 heavy (non-hydrogen) atoms. The summed E-state index contributed by atoms with van der Waals surface area (Å²) >= 11 is 5.56. The molecule has 2 unspecified atom stereocenters. The van der Waals surface area contributed by atoms with E-state index < -0.39 is 46.2 Å². The predicted octanol–water partition coefficient (Wildman–Crippen LogP) is 3.16. The lowest BCUT2D eigenvalue weighted by Crippen LogP contribution is -2.59. The van der Waals surface area contributed by atoms with Crippen LogP contribution >= 0.6 is 11.6 Å². The number of halogens is 5. The van der Waals surface area contributed by atoms with Gasteiger partial charge in [-0.15, -0.1) is 0 Å². The van der Waals surface area contributed by atoms with Crippen LogP contribution in [0.1, 0.15) is 37.4 Å². The van der Waals surface area contributed by atoms with E-state index in [0.717, 1.165) is 6.07 Å². The van der Waals surface area contributed by atoms with E-state index in [-0.39, 0.29) is 11.1 Å². The van der Waals surface area contributed by atoms with E-state index in [1.807, 2.05) is 0 Å². The van der Waals surface area contributed by atoms with Gasteiger partial charge >= 0.3 is 6.18 Å². The van der Waals surface area contributed by atoms with Crippen molar-refractivity contribution in [3.05, 3.63) is 28.0 Å². The fourth-order valence-corrected chi connectivity index (χ4v) is 3.20. The lowest BCUT2D eigenvalue weighted by atomic mass is 9.63. The summed E-state index contributed by atoms with van der Waals surface area (Å²) in [4.78, 5) is 0. The number of benzene rings is 1. The summed E-state index contributed by atoms with van der Waals surface area (Å²) in [5, 5.41) is 19.4. The van der Waals surface area contributed by atoms with Crippen molar-refractivity contribution in [2.45, 2.75) is 43.5 Å². The van der Waals surface area contributed by atoms with Crippen LogP contribution in [-0.2, 0) is 5.41 Å². The zero-order chi connectivity index (χ0) is 16.4. The number of nitrogens with two attached hydrogens (primary N) is 1. The zero-order valence-electron chi connectivity index (χ0n) is 11.2. The molecule has 0 spiro atoms. The molecule has 0 amide bonds. The van der Waals surface area contributed by atoms with E-state index in [4.69, 9.17) is 17.3 Å². The Balaban J connectivity index is 2.79. The maximum absolute atomic E-state index is 13.7. The first-order valence-corrected chi connectivity index (χ1v) is 6.47. The maximum atomic E-state index is 13.7. The average Bonchev–Trinajstić information content (AvgIpc) is 2.30. The van der Waals surface area contributed by atoms with Crippen LogP contribution in [0.25, 0.3) is 0 Å². The predicted molar refractivity (Wildman–Crippen MR) is 68.7 cm³/mol. The number of phenolic OH excluding ortho intramolecular Hbond substituents is 1. The first kappa shape index (κ1) is 16.3. The van der Waals surface area contributed by atoms with Gasteiger partial charge in [-0.05, 0) is 23.5 Å². The highest BCUT2D eigenvalue weighted by Crippen LogP contribution is 2.55. The molecule has 2 rings (SSSR count). The van der Waals surface area contributed by atoms with Crippen molar-refractivity contribution in [3.8, 4) is 5.75 Å². The van der Waals surface area contributed by atoms with Gasteiger partial charge in [0.15, 0.2) is 17.2 Å². The minimum atomic E-state index is -4.97. The summed E-state index contributed by atoms with van der Waals surface area (Å²) in [6.45, 7) is 2.73. The number of hydrogen-bond donors (Lipinski definition) is 3. The Bertz CT molecular complexity index is 603. The van der Waals surface area contributed by atoms with Crippen molar-refractivity contribution in [3.63, 3.8) is 0 Å². The number of fused-ring (bicyclic) bond motifs is 1. The van der Waals surface area contributed by atoms with Crippen molar-refractivity contribution >= 4 is 11.6 Å². The van der Waals surface area contributed by atoms with Gasteiger partial charge in [0.2, 0.25) is 0 Å². The summed E-state index contributed by atoms with van der Waals surface area (Å²) in [5.74, 6) is -1.95. The molecule has 1 aromatic rings. The summed E-state index contributed by atoms with van der Waals surface area (Å²) in [6.07, 6.45) is -5.77. The molecule has 1 aliphatic carbocycles. The second-order valence-corrected chi connectivity index (χ2v) is 6.35. The molecule has 118 valence electrons. The third-order valence-electron chi connectivity index (χ3n) is 3.95. The van der Waals surface area contributed by atoms with E-state index in [1.165, 1.54) is 13.8 Å². The molecule has 0 bridgehead atoms. The van der Waals surface area contributed by atoms with Gasteiger partial charge in [0.25, 0.3) is 0 Å². The van der Waals surface area contributed by atoms with Crippen molar-refractivity contribution in [2.24, 2.45) is 5.73 Å². The normalized spacial score (nSPS) is 28.3. The van der Waals surface area contributed by atoms with E-state index in [1.54, 1.807) is 0 Å². The van der Waals surface area contributed by atoms with Crippen LogP contribution in [0.15, 0.2) is 6.07 Å². The van der Waals surface area contributed by atoms with E-state index in [0.29, 0.717) is 0 Å². The standard InChI is InChI=1S/C13H14ClF4NO2/c1-11(2)4-12(21,13(16,17)18)10(19)5-3-6(14)8(15)9(20)7(5)11/h3,10,20-21H,4,19H2,1-2H3. The summed E-state index contributed by atoms with van der Waals surface area (Å²) in [5.41, 5.74) is 0.755. The number of phenols is 1. The monoisotopic (exact) mass is 327 g/mol. The van der Waals surface area contributed by atoms with Gasteiger partial charge in [-0.2, -0.15) is 13.2 Å².